The number of Topliss-reactive ketones (excluding diaryl/α,β-unsaturated/α-hetero) is 1. The Kier molecular flexibility index (Phi) is 3.43. The van der Waals surface area contributed by atoms with Crippen molar-refractivity contribution in [3.63, 3.8) is 0 Å². The van der Waals surface area contributed by atoms with E-state index in [0.29, 0.717) is 19.1 Å². The van der Waals surface area contributed by atoms with Gasteiger partial charge in [-0.3, -0.25) is 4.79 Å². The molecule has 18 heavy (non-hydrogen) atoms. The first kappa shape index (κ1) is 11.9. The summed E-state index contributed by atoms with van der Waals surface area (Å²) < 4.78 is 5.35. The third-order valence-corrected chi connectivity index (χ3v) is 3.99. The Bertz CT molecular complexity index is 434. The first-order valence-corrected chi connectivity index (χ1v) is 6.80. The number of carbonyl (C=O) groups excluding carboxylic acids is 1. The maximum Gasteiger partial charge on any atom is 0.182 e. The Labute approximate surface area is 108 Å². The molecule has 96 valence electrons. The lowest BCUT2D eigenvalue weighted by Crippen LogP contribution is -2.46. The first-order valence-electron chi connectivity index (χ1n) is 6.80. The summed E-state index contributed by atoms with van der Waals surface area (Å²) in [5.41, 5.74) is 2.14. The fraction of sp³-hybridized carbons (Fsp3) is 0.533. The standard InChI is InChI=1S/C15H19NO2/c17-15(14-10-18-8-7-16-14)13-6-2-5-12(9-13)11-3-1-4-11/h2,5-6,9,11,14,16H,1,3-4,7-8,10H2. The van der Waals surface area contributed by atoms with Crippen molar-refractivity contribution in [2.75, 3.05) is 19.8 Å². The van der Waals surface area contributed by atoms with E-state index in [1.165, 1.54) is 24.8 Å². The van der Waals surface area contributed by atoms with E-state index in [2.05, 4.69) is 17.4 Å². The minimum atomic E-state index is -0.171. The number of hydrogen-bond acceptors (Lipinski definition) is 3. The third kappa shape index (κ3) is 2.33. The topological polar surface area (TPSA) is 38.3 Å². The van der Waals surface area contributed by atoms with Crippen molar-refractivity contribution in [2.45, 2.75) is 31.2 Å². The molecule has 0 amide bonds. The average molecular weight is 245 g/mol. The minimum absolute atomic E-state index is 0.163. The van der Waals surface area contributed by atoms with Crippen molar-refractivity contribution in [3.8, 4) is 0 Å². The van der Waals surface area contributed by atoms with Gasteiger partial charge in [-0.1, -0.05) is 24.6 Å². The van der Waals surface area contributed by atoms with Crippen LogP contribution in [0, 0.1) is 0 Å². The predicted molar refractivity (Wildman–Crippen MR) is 70.0 cm³/mol. The van der Waals surface area contributed by atoms with Crippen LogP contribution >= 0.6 is 0 Å². The highest BCUT2D eigenvalue weighted by Gasteiger charge is 2.24. The Morgan fingerprint density at radius 2 is 2.22 bits per heavy atom. The van der Waals surface area contributed by atoms with E-state index < -0.39 is 0 Å². The molecule has 3 rings (SSSR count). The highest BCUT2D eigenvalue weighted by molar-refractivity contribution is 6.00. The van der Waals surface area contributed by atoms with Crippen molar-refractivity contribution in [2.24, 2.45) is 0 Å². The molecule has 3 heteroatoms. The van der Waals surface area contributed by atoms with Crippen molar-refractivity contribution in [3.05, 3.63) is 35.4 Å². The maximum atomic E-state index is 12.3. The molecule has 2 fully saturated rings. The smallest absolute Gasteiger partial charge is 0.182 e. The molecule has 2 aliphatic rings. The van der Waals surface area contributed by atoms with Crippen LogP contribution in [0.2, 0.25) is 0 Å². The number of carbonyl (C=O) groups is 1. The second-order valence-corrected chi connectivity index (χ2v) is 5.20. The number of ether oxygens (including phenoxy) is 1. The number of hydrogen-bond donors (Lipinski definition) is 1. The molecule has 1 N–H and O–H groups in total. The second-order valence-electron chi connectivity index (χ2n) is 5.20. The molecular formula is C15H19NO2. The molecule has 1 heterocycles. The van der Waals surface area contributed by atoms with Gasteiger partial charge in [0.25, 0.3) is 0 Å². The van der Waals surface area contributed by atoms with Crippen LogP contribution in [0.25, 0.3) is 0 Å². The molecule has 1 saturated heterocycles. The van der Waals surface area contributed by atoms with E-state index in [0.717, 1.165) is 12.1 Å². The summed E-state index contributed by atoms with van der Waals surface area (Å²) >= 11 is 0. The molecule has 3 nitrogen and oxygen atoms in total. The van der Waals surface area contributed by atoms with E-state index >= 15 is 0 Å². The van der Waals surface area contributed by atoms with Crippen LogP contribution in [0.1, 0.15) is 41.1 Å². The molecular weight excluding hydrogens is 226 g/mol. The number of ketones is 1. The van der Waals surface area contributed by atoms with Crippen LogP contribution in [-0.2, 0) is 4.74 Å². The quantitative estimate of drug-likeness (QED) is 0.829. The minimum Gasteiger partial charge on any atom is -0.378 e. The van der Waals surface area contributed by atoms with E-state index in [1.54, 1.807) is 0 Å². The van der Waals surface area contributed by atoms with Crippen LogP contribution < -0.4 is 5.32 Å². The molecule has 1 unspecified atom stereocenters. The summed E-state index contributed by atoms with van der Waals surface area (Å²) in [6.07, 6.45) is 3.85. The normalized spacial score (nSPS) is 24.6. The van der Waals surface area contributed by atoms with Gasteiger partial charge in [0.2, 0.25) is 0 Å². The van der Waals surface area contributed by atoms with Crippen LogP contribution in [0.15, 0.2) is 24.3 Å². The summed E-state index contributed by atoms with van der Waals surface area (Å²) in [6.45, 7) is 1.96. The third-order valence-electron chi connectivity index (χ3n) is 3.99. The summed E-state index contributed by atoms with van der Waals surface area (Å²) in [7, 11) is 0. The second kappa shape index (κ2) is 5.21. The molecule has 0 aromatic heterocycles. The van der Waals surface area contributed by atoms with Crippen molar-refractivity contribution < 1.29 is 9.53 Å². The number of benzene rings is 1. The van der Waals surface area contributed by atoms with Crippen LogP contribution in [-0.4, -0.2) is 31.6 Å². The van der Waals surface area contributed by atoms with E-state index in [1.807, 2.05) is 12.1 Å². The Balaban J connectivity index is 1.75. The average Bonchev–Trinajstić information content (AvgIpc) is 2.37. The summed E-state index contributed by atoms with van der Waals surface area (Å²) in [6, 6.07) is 7.97. The largest absolute Gasteiger partial charge is 0.378 e. The fourth-order valence-corrected chi connectivity index (χ4v) is 2.62. The number of morpholine rings is 1. The van der Waals surface area contributed by atoms with Gasteiger partial charge in [0.15, 0.2) is 5.78 Å². The van der Waals surface area contributed by atoms with E-state index in [9.17, 15) is 4.79 Å². The zero-order valence-electron chi connectivity index (χ0n) is 10.5. The van der Waals surface area contributed by atoms with Gasteiger partial charge >= 0.3 is 0 Å². The van der Waals surface area contributed by atoms with Gasteiger partial charge in [0.05, 0.1) is 19.3 Å². The zero-order chi connectivity index (χ0) is 12.4. The molecule has 1 atom stereocenters. The summed E-state index contributed by atoms with van der Waals surface area (Å²) in [4.78, 5) is 12.3. The lowest BCUT2D eigenvalue weighted by Gasteiger charge is -2.27. The number of nitrogens with one attached hydrogen (secondary N) is 1. The van der Waals surface area contributed by atoms with Gasteiger partial charge in [-0.2, -0.15) is 0 Å². The predicted octanol–water partition coefficient (Wildman–Crippen LogP) is 2.13. The highest BCUT2D eigenvalue weighted by Crippen LogP contribution is 2.36. The molecule has 1 aromatic carbocycles. The molecule has 0 spiro atoms. The van der Waals surface area contributed by atoms with Crippen LogP contribution in [0.4, 0.5) is 0 Å². The molecule has 0 radical (unpaired) electrons. The van der Waals surface area contributed by atoms with Crippen molar-refractivity contribution in [1.29, 1.82) is 0 Å². The maximum absolute atomic E-state index is 12.3. The van der Waals surface area contributed by atoms with Gasteiger partial charge < -0.3 is 10.1 Å². The van der Waals surface area contributed by atoms with E-state index in [4.69, 9.17) is 4.74 Å². The Hall–Kier alpha value is -1.19. The summed E-state index contributed by atoms with van der Waals surface area (Å²) in [5, 5.41) is 3.22. The molecule has 0 bridgehead atoms. The van der Waals surface area contributed by atoms with Gasteiger partial charge in [-0.15, -0.1) is 0 Å². The molecule has 1 aliphatic heterocycles. The Morgan fingerprint density at radius 3 is 2.89 bits per heavy atom. The lowest BCUT2D eigenvalue weighted by atomic mass is 9.79. The highest BCUT2D eigenvalue weighted by atomic mass is 16.5. The molecule has 1 saturated carbocycles. The van der Waals surface area contributed by atoms with Gasteiger partial charge in [-0.25, -0.2) is 0 Å². The monoisotopic (exact) mass is 245 g/mol. The summed E-state index contributed by atoms with van der Waals surface area (Å²) in [5.74, 6) is 0.837. The lowest BCUT2D eigenvalue weighted by molar-refractivity contribution is 0.0607. The number of rotatable bonds is 3. The van der Waals surface area contributed by atoms with Gasteiger partial charge in [-0.05, 0) is 30.4 Å². The van der Waals surface area contributed by atoms with Gasteiger partial charge in [0, 0.05) is 12.1 Å². The van der Waals surface area contributed by atoms with Crippen molar-refractivity contribution >= 4 is 5.78 Å². The van der Waals surface area contributed by atoms with Crippen LogP contribution in [0.5, 0.6) is 0 Å². The fourth-order valence-electron chi connectivity index (χ4n) is 2.62. The van der Waals surface area contributed by atoms with Crippen molar-refractivity contribution in [1.82, 2.24) is 5.32 Å². The SMILES string of the molecule is O=C(c1cccc(C2CCC2)c1)C1COCCN1. The zero-order valence-corrected chi connectivity index (χ0v) is 10.5. The molecule has 1 aliphatic carbocycles. The van der Waals surface area contributed by atoms with Gasteiger partial charge in [0.1, 0.15) is 0 Å². The van der Waals surface area contributed by atoms with E-state index in [-0.39, 0.29) is 11.8 Å². The van der Waals surface area contributed by atoms with Crippen LogP contribution in [0.3, 0.4) is 0 Å². The first-order chi connectivity index (χ1) is 8.84. The Morgan fingerprint density at radius 1 is 1.33 bits per heavy atom. The molecule has 1 aromatic rings.